The Kier molecular flexibility index (Phi) is 4.35. The molecule has 0 aliphatic heterocycles. The maximum absolute atomic E-state index is 5.82. The van der Waals surface area contributed by atoms with Gasteiger partial charge in [0.25, 0.3) is 9.04 Å². The topological polar surface area (TPSA) is 60.3 Å². The van der Waals surface area contributed by atoms with Crippen molar-refractivity contribution in [2.45, 2.75) is 20.0 Å². The fraction of sp³-hybridized carbons (Fsp3) is 0.231. The third-order valence-corrected chi connectivity index (χ3v) is 2.89. The molecule has 5 nitrogen and oxygen atoms in total. The average Bonchev–Trinajstić information content (AvgIpc) is 2.40. The van der Waals surface area contributed by atoms with Gasteiger partial charge in [-0.15, -0.1) is 0 Å². The molecule has 1 aromatic carbocycles. The molecule has 0 amide bonds. The van der Waals surface area contributed by atoms with Crippen LogP contribution in [0.1, 0.15) is 11.4 Å². The van der Waals surface area contributed by atoms with Gasteiger partial charge in [-0.25, -0.2) is 19.9 Å². The normalized spacial score (nSPS) is 11.2. The van der Waals surface area contributed by atoms with E-state index < -0.39 is 9.04 Å². The summed E-state index contributed by atoms with van der Waals surface area (Å²) in [5, 5.41) is 0. The molecule has 6 heteroatoms. The van der Waals surface area contributed by atoms with Crippen molar-refractivity contribution in [1.82, 2.24) is 15.0 Å². The van der Waals surface area contributed by atoms with Crippen LogP contribution in [0.4, 0.5) is 5.69 Å². The summed E-state index contributed by atoms with van der Waals surface area (Å²) in [6.45, 7) is 6.20. The molecule has 97 valence electrons. The van der Waals surface area contributed by atoms with Gasteiger partial charge in [0, 0.05) is 0 Å². The van der Waals surface area contributed by atoms with Crippen LogP contribution in [0, 0.1) is 6.92 Å². The highest BCUT2D eigenvalue weighted by Gasteiger charge is 2.06. The highest BCUT2D eigenvalue weighted by Crippen LogP contribution is 2.28. The number of aromatic nitrogens is 3. The number of nitrogens with zero attached hydrogens (tertiary/aromatic N) is 4. The van der Waals surface area contributed by atoms with Gasteiger partial charge in [-0.05, 0) is 37.7 Å². The summed E-state index contributed by atoms with van der Waals surface area (Å²) in [6.07, 6.45) is 4.50. The van der Waals surface area contributed by atoms with Crippen molar-refractivity contribution in [3.05, 3.63) is 42.2 Å². The number of hydrogen-bond donors (Lipinski definition) is 0. The van der Waals surface area contributed by atoms with Crippen LogP contribution in [0.2, 0.25) is 13.1 Å². The monoisotopic (exact) mass is 271 g/mol. The quantitative estimate of drug-likeness (QED) is 0.633. The van der Waals surface area contributed by atoms with E-state index in [9.17, 15) is 0 Å². The molecule has 2 rings (SSSR count). The highest BCUT2D eigenvalue weighted by atomic mass is 28.3. The first-order valence-corrected chi connectivity index (χ1v) is 8.31. The van der Waals surface area contributed by atoms with Gasteiger partial charge < -0.3 is 4.43 Å². The molecule has 0 aliphatic rings. The van der Waals surface area contributed by atoms with Gasteiger partial charge in [0.05, 0.1) is 6.21 Å². The SMILES string of the molecule is Cc1ccc(O[Si](C)C)c(N=Cc2ncncn2)c1. The van der Waals surface area contributed by atoms with Gasteiger partial charge in [0.15, 0.2) is 5.82 Å². The Bertz CT molecular complexity index is 572. The van der Waals surface area contributed by atoms with E-state index >= 15 is 0 Å². The number of hydrogen-bond acceptors (Lipinski definition) is 5. The van der Waals surface area contributed by atoms with E-state index in [-0.39, 0.29) is 0 Å². The van der Waals surface area contributed by atoms with Gasteiger partial charge in [0.1, 0.15) is 24.1 Å². The van der Waals surface area contributed by atoms with E-state index in [1.165, 1.54) is 12.7 Å². The fourth-order valence-electron chi connectivity index (χ4n) is 1.48. The van der Waals surface area contributed by atoms with Crippen LogP contribution in [-0.4, -0.2) is 30.2 Å². The van der Waals surface area contributed by atoms with Gasteiger partial charge in [0.2, 0.25) is 0 Å². The predicted octanol–water partition coefficient (Wildman–Crippen LogP) is 2.56. The Balaban J connectivity index is 2.28. The summed E-state index contributed by atoms with van der Waals surface area (Å²) in [5.41, 5.74) is 1.93. The van der Waals surface area contributed by atoms with Crippen molar-refractivity contribution in [2.24, 2.45) is 4.99 Å². The molecule has 0 fully saturated rings. The smallest absolute Gasteiger partial charge is 0.274 e. The van der Waals surface area contributed by atoms with E-state index in [1.807, 2.05) is 25.1 Å². The molecule has 0 N–H and O–H groups in total. The molecule has 1 aromatic heterocycles. The molecule has 0 atom stereocenters. The summed E-state index contributed by atoms with van der Waals surface area (Å²) >= 11 is 0. The Morgan fingerprint density at radius 2 is 1.95 bits per heavy atom. The van der Waals surface area contributed by atoms with E-state index in [0.29, 0.717) is 5.82 Å². The summed E-state index contributed by atoms with van der Waals surface area (Å²) < 4.78 is 5.82. The minimum absolute atomic E-state index is 0.529. The molecular weight excluding hydrogens is 256 g/mol. The lowest BCUT2D eigenvalue weighted by Crippen LogP contribution is -2.11. The second kappa shape index (κ2) is 6.19. The molecular formula is C13H15N4OSi. The minimum Gasteiger partial charge on any atom is -0.541 e. The third-order valence-electron chi connectivity index (χ3n) is 2.26. The molecule has 0 spiro atoms. The van der Waals surface area contributed by atoms with E-state index in [4.69, 9.17) is 4.43 Å². The number of benzene rings is 1. The zero-order chi connectivity index (χ0) is 13.7. The van der Waals surface area contributed by atoms with E-state index in [1.54, 1.807) is 6.21 Å². The van der Waals surface area contributed by atoms with E-state index in [2.05, 4.69) is 33.0 Å². The van der Waals surface area contributed by atoms with Crippen molar-refractivity contribution >= 4 is 20.9 Å². The molecule has 1 radical (unpaired) electrons. The predicted molar refractivity (Wildman–Crippen MR) is 76.4 cm³/mol. The van der Waals surface area contributed by atoms with Crippen molar-refractivity contribution in [2.75, 3.05) is 0 Å². The molecule has 0 unspecified atom stereocenters. The first-order chi connectivity index (χ1) is 9.15. The Morgan fingerprint density at radius 1 is 1.21 bits per heavy atom. The second-order valence-electron chi connectivity index (χ2n) is 4.24. The van der Waals surface area contributed by atoms with Crippen LogP contribution < -0.4 is 4.43 Å². The minimum atomic E-state index is -0.819. The molecule has 0 bridgehead atoms. The Morgan fingerprint density at radius 3 is 2.63 bits per heavy atom. The fourth-order valence-corrected chi connectivity index (χ4v) is 2.09. The second-order valence-corrected chi connectivity index (χ2v) is 6.26. The maximum Gasteiger partial charge on any atom is 0.274 e. The van der Waals surface area contributed by atoms with Crippen LogP contribution >= 0.6 is 0 Å². The maximum atomic E-state index is 5.82. The van der Waals surface area contributed by atoms with Crippen molar-refractivity contribution in [3.63, 3.8) is 0 Å². The summed E-state index contributed by atoms with van der Waals surface area (Å²) in [6, 6.07) is 5.95. The van der Waals surface area contributed by atoms with Gasteiger partial charge in [-0.3, -0.25) is 0 Å². The van der Waals surface area contributed by atoms with Crippen LogP contribution in [-0.2, 0) is 0 Å². The number of rotatable bonds is 4. The largest absolute Gasteiger partial charge is 0.541 e. The van der Waals surface area contributed by atoms with Crippen LogP contribution in [0.5, 0.6) is 5.75 Å². The van der Waals surface area contributed by atoms with Crippen LogP contribution in [0.25, 0.3) is 0 Å². The van der Waals surface area contributed by atoms with Gasteiger partial charge in [-0.1, -0.05) is 6.07 Å². The molecule has 1 heterocycles. The van der Waals surface area contributed by atoms with Crippen molar-refractivity contribution in [1.29, 1.82) is 0 Å². The first-order valence-electron chi connectivity index (χ1n) is 5.90. The summed E-state index contributed by atoms with van der Waals surface area (Å²) in [7, 11) is -0.819. The Labute approximate surface area is 114 Å². The average molecular weight is 271 g/mol. The first kappa shape index (κ1) is 13.4. The molecule has 0 saturated heterocycles. The highest BCUT2D eigenvalue weighted by molar-refractivity contribution is 6.49. The molecule has 19 heavy (non-hydrogen) atoms. The third kappa shape index (κ3) is 3.96. The van der Waals surface area contributed by atoms with Crippen molar-refractivity contribution < 1.29 is 4.43 Å². The standard InChI is InChI=1S/C13H15N4OSi/c1-10-4-5-12(18-19(2)3)11(6-10)15-7-13-16-8-14-9-17-13/h4-9H,1-3H3. The zero-order valence-electron chi connectivity index (χ0n) is 11.2. The number of aliphatic imine (C=N–C) groups is 1. The van der Waals surface area contributed by atoms with Crippen molar-refractivity contribution in [3.8, 4) is 5.75 Å². The number of aryl methyl sites for hydroxylation is 1. The summed E-state index contributed by atoms with van der Waals surface area (Å²) in [4.78, 5) is 16.2. The molecule has 0 aliphatic carbocycles. The molecule has 0 saturated carbocycles. The lowest BCUT2D eigenvalue weighted by molar-refractivity contribution is 0.582. The van der Waals surface area contributed by atoms with Gasteiger partial charge in [-0.2, -0.15) is 0 Å². The summed E-state index contributed by atoms with van der Waals surface area (Å²) in [5.74, 6) is 1.33. The Hall–Kier alpha value is -2.08. The van der Waals surface area contributed by atoms with Crippen LogP contribution in [0.15, 0.2) is 35.8 Å². The molecule has 2 aromatic rings. The van der Waals surface area contributed by atoms with Crippen LogP contribution in [0.3, 0.4) is 0 Å². The lowest BCUT2D eigenvalue weighted by Gasteiger charge is -2.11. The zero-order valence-corrected chi connectivity index (χ0v) is 12.2. The van der Waals surface area contributed by atoms with E-state index in [0.717, 1.165) is 17.0 Å². The lowest BCUT2D eigenvalue weighted by atomic mass is 10.2. The van der Waals surface area contributed by atoms with Gasteiger partial charge >= 0.3 is 0 Å².